The summed E-state index contributed by atoms with van der Waals surface area (Å²) in [7, 11) is 0. The Kier molecular flexibility index (Phi) is 4.40. The van der Waals surface area contributed by atoms with Gasteiger partial charge in [-0.2, -0.15) is 0 Å². The fourth-order valence-corrected chi connectivity index (χ4v) is 2.20. The van der Waals surface area contributed by atoms with Crippen LogP contribution in [0.1, 0.15) is 31.4 Å². The lowest BCUT2D eigenvalue weighted by Crippen LogP contribution is -2.26. The molecule has 1 aromatic heterocycles. The standard InChI is InChI=1S/C16H20N4O/c21-16(20-12-7-8-12)6-3-9-17-10-13-11-18-14-4-1-2-5-15(14)19-13/h1-2,4-5,11-12,17H,3,6-10H2,(H,20,21). The number of benzene rings is 1. The van der Waals surface area contributed by atoms with Gasteiger partial charge in [0.1, 0.15) is 0 Å². The summed E-state index contributed by atoms with van der Waals surface area (Å²) in [6.45, 7) is 1.49. The van der Waals surface area contributed by atoms with Gasteiger partial charge >= 0.3 is 0 Å². The molecule has 5 heteroatoms. The summed E-state index contributed by atoms with van der Waals surface area (Å²) in [5.41, 5.74) is 2.76. The summed E-state index contributed by atoms with van der Waals surface area (Å²) >= 11 is 0. The van der Waals surface area contributed by atoms with Crippen molar-refractivity contribution in [1.29, 1.82) is 0 Å². The van der Waals surface area contributed by atoms with Crippen LogP contribution in [-0.2, 0) is 11.3 Å². The van der Waals surface area contributed by atoms with Crippen molar-refractivity contribution in [1.82, 2.24) is 20.6 Å². The third kappa shape index (κ3) is 4.23. The van der Waals surface area contributed by atoms with Gasteiger partial charge in [-0.05, 0) is 37.9 Å². The molecule has 2 N–H and O–H groups in total. The second-order valence-electron chi connectivity index (χ2n) is 5.47. The van der Waals surface area contributed by atoms with Crippen LogP contribution in [0.5, 0.6) is 0 Å². The van der Waals surface area contributed by atoms with Crippen molar-refractivity contribution >= 4 is 16.9 Å². The van der Waals surface area contributed by atoms with E-state index < -0.39 is 0 Å². The largest absolute Gasteiger partial charge is 0.353 e. The lowest BCUT2D eigenvalue weighted by atomic mass is 10.2. The molecular weight excluding hydrogens is 264 g/mol. The summed E-state index contributed by atoms with van der Waals surface area (Å²) < 4.78 is 0. The van der Waals surface area contributed by atoms with Crippen LogP contribution >= 0.6 is 0 Å². The molecule has 0 aliphatic heterocycles. The van der Waals surface area contributed by atoms with Gasteiger partial charge in [-0.1, -0.05) is 12.1 Å². The van der Waals surface area contributed by atoms with Gasteiger partial charge in [0.2, 0.25) is 5.91 Å². The molecule has 2 aromatic rings. The summed E-state index contributed by atoms with van der Waals surface area (Å²) in [5.74, 6) is 0.171. The molecule has 3 rings (SSSR count). The maximum Gasteiger partial charge on any atom is 0.220 e. The molecule has 1 aromatic carbocycles. The third-order valence-corrected chi connectivity index (χ3v) is 3.50. The zero-order chi connectivity index (χ0) is 14.5. The molecule has 21 heavy (non-hydrogen) atoms. The second-order valence-corrected chi connectivity index (χ2v) is 5.47. The van der Waals surface area contributed by atoms with E-state index in [1.165, 1.54) is 0 Å². The number of fused-ring (bicyclic) bond motifs is 1. The topological polar surface area (TPSA) is 66.9 Å². The molecule has 1 saturated carbocycles. The Balaban J connectivity index is 1.38. The predicted molar refractivity (Wildman–Crippen MR) is 81.6 cm³/mol. The highest BCUT2D eigenvalue weighted by atomic mass is 16.1. The highest BCUT2D eigenvalue weighted by Crippen LogP contribution is 2.18. The molecule has 1 heterocycles. The van der Waals surface area contributed by atoms with Gasteiger partial charge in [0, 0.05) is 19.0 Å². The number of aromatic nitrogens is 2. The van der Waals surface area contributed by atoms with E-state index in [4.69, 9.17) is 0 Å². The van der Waals surface area contributed by atoms with Gasteiger partial charge in [-0.25, -0.2) is 4.98 Å². The lowest BCUT2D eigenvalue weighted by molar-refractivity contribution is -0.121. The second kappa shape index (κ2) is 6.63. The Morgan fingerprint density at radius 2 is 2.05 bits per heavy atom. The number of rotatable bonds is 7. The fraction of sp³-hybridized carbons (Fsp3) is 0.438. The Morgan fingerprint density at radius 3 is 2.86 bits per heavy atom. The summed E-state index contributed by atoms with van der Waals surface area (Å²) in [6, 6.07) is 8.30. The van der Waals surface area contributed by atoms with E-state index in [9.17, 15) is 4.79 Å². The van der Waals surface area contributed by atoms with Gasteiger partial charge in [0.25, 0.3) is 0 Å². The van der Waals surface area contributed by atoms with Crippen LogP contribution in [0.2, 0.25) is 0 Å². The number of para-hydroxylation sites is 2. The van der Waals surface area contributed by atoms with E-state index in [0.717, 1.165) is 42.5 Å². The van der Waals surface area contributed by atoms with E-state index in [2.05, 4.69) is 20.6 Å². The Labute approximate surface area is 124 Å². The number of hydrogen-bond acceptors (Lipinski definition) is 4. The summed E-state index contributed by atoms with van der Waals surface area (Å²) in [4.78, 5) is 20.4. The average molecular weight is 284 g/mol. The van der Waals surface area contributed by atoms with Gasteiger partial charge in [-0.3, -0.25) is 9.78 Å². The van der Waals surface area contributed by atoms with Gasteiger partial charge < -0.3 is 10.6 Å². The molecule has 5 nitrogen and oxygen atoms in total. The van der Waals surface area contributed by atoms with Crippen molar-refractivity contribution in [3.63, 3.8) is 0 Å². The van der Waals surface area contributed by atoms with Gasteiger partial charge in [-0.15, -0.1) is 0 Å². The zero-order valence-electron chi connectivity index (χ0n) is 12.0. The lowest BCUT2D eigenvalue weighted by Gasteiger charge is -2.06. The van der Waals surface area contributed by atoms with Crippen molar-refractivity contribution in [3.8, 4) is 0 Å². The van der Waals surface area contributed by atoms with E-state index in [0.29, 0.717) is 19.0 Å². The van der Waals surface area contributed by atoms with E-state index in [-0.39, 0.29) is 5.91 Å². The van der Waals surface area contributed by atoms with Crippen molar-refractivity contribution in [3.05, 3.63) is 36.2 Å². The molecule has 1 fully saturated rings. The van der Waals surface area contributed by atoms with Crippen molar-refractivity contribution in [2.75, 3.05) is 6.54 Å². The van der Waals surface area contributed by atoms with Crippen LogP contribution in [0.4, 0.5) is 0 Å². The first kappa shape index (κ1) is 13.9. The molecule has 0 bridgehead atoms. The molecule has 0 spiro atoms. The summed E-state index contributed by atoms with van der Waals surface area (Å²) in [5, 5.41) is 6.30. The molecular formula is C16H20N4O. The molecule has 1 aliphatic carbocycles. The third-order valence-electron chi connectivity index (χ3n) is 3.50. The van der Waals surface area contributed by atoms with Crippen LogP contribution in [0.15, 0.2) is 30.5 Å². The monoisotopic (exact) mass is 284 g/mol. The molecule has 1 amide bonds. The maximum atomic E-state index is 11.5. The highest BCUT2D eigenvalue weighted by molar-refractivity contribution is 5.76. The van der Waals surface area contributed by atoms with Crippen LogP contribution in [0, 0.1) is 0 Å². The molecule has 0 atom stereocenters. The van der Waals surface area contributed by atoms with E-state index >= 15 is 0 Å². The number of carbonyl (C=O) groups is 1. The fourth-order valence-electron chi connectivity index (χ4n) is 2.20. The molecule has 110 valence electrons. The van der Waals surface area contributed by atoms with Crippen LogP contribution in [-0.4, -0.2) is 28.5 Å². The maximum absolute atomic E-state index is 11.5. The average Bonchev–Trinajstić information content (AvgIpc) is 3.30. The number of amides is 1. The van der Waals surface area contributed by atoms with Crippen LogP contribution < -0.4 is 10.6 Å². The minimum atomic E-state index is 0.171. The first-order valence-electron chi connectivity index (χ1n) is 7.52. The van der Waals surface area contributed by atoms with Crippen LogP contribution in [0.3, 0.4) is 0 Å². The Morgan fingerprint density at radius 1 is 1.24 bits per heavy atom. The van der Waals surface area contributed by atoms with Gasteiger partial charge in [0.15, 0.2) is 0 Å². The number of hydrogen-bond donors (Lipinski definition) is 2. The predicted octanol–water partition coefficient (Wildman–Crippen LogP) is 1.78. The Hall–Kier alpha value is -2.01. The first-order chi connectivity index (χ1) is 10.3. The highest BCUT2D eigenvalue weighted by Gasteiger charge is 2.22. The molecule has 1 aliphatic rings. The van der Waals surface area contributed by atoms with E-state index in [1.807, 2.05) is 24.3 Å². The van der Waals surface area contributed by atoms with Crippen LogP contribution in [0.25, 0.3) is 11.0 Å². The first-order valence-corrected chi connectivity index (χ1v) is 7.52. The SMILES string of the molecule is O=C(CCCNCc1cnc2ccccc2n1)NC1CC1. The Bertz CT molecular complexity index is 624. The van der Waals surface area contributed by atoms with Crippen molar-refractivity contribution in [2.45, 2.75) is 38.3 Å². The van der Waals surface area contributed by atoms with E-state index in [1.54, 1.807) is 6.20 Å². The normalized spacial score (nSPS) is 14.3. The number of nitrogens with zero attached hydrogens (tertiary/aromatic N) is 2. The quantitative estimate of drug-likeness (QED) is 0.761. The zero-order valence-corrected chi connectivity index (χ0v) is 12.0. The number of carbonyl (C=O) groups excluding carboxylic acids is 1. The molecule has 0 unspecified atom stereocenters. The van der Waals surface area contributed by atoms with Crippen molar-refractivity contribution in [2.24, 2.45) is 0 Å². The number of nitrogens with one attached hydrogen (secondary N) is 2. The van der Waals surface area contributed by atoms with Gasteiger partial charge in [0.05, 0.1) is 22.9 Å². The summed E-state index contributed by atoms with van der Waals surface area (Å²) in [6.07, 6.45) is 5.52. The molecule has 0 radical (unpaired) electrons. The minimum Gasteiger partial charge on any atom is -0.353 e. The van der Waals surface area contributed by atoms with Crippen molar-refractivity contribution < 1.29 is 4.79 Å². The minimum absolute atomic E-state index is 0.171. The molecule has 0 saturated heterocycles. The smallest absolute Gasteiger partial charge is 0.220 e.